The third-order valence-corrected chi connectivity index (χ3v) is 4.15. The minimum absolute atomic E-state index is 0.269. The van der Waals surface area contributed by atoms with Gasteiger partial charge in [-0.05, 0) is 31.0 Å². The highest BCUT2D eigenvalue weighted by Crippen LogP contribution is 2.55. The lowest BCUT2D eigenvalue weighted by atomic mass is 9.92. The van der Waals surface area contributed by atoms with E-state index in [4.69, 9.17) is 33.7 Å². The first kappa shape index (κ1) is 14.2. The standard InChI is InChI=1S/C13H13Cl2NO3/c1-2-19-11(17)8-6-13(8,12(16)18)7-3-4-9(14)10(15)5-7/h3-5,8H,2,6H2,1H3,(H2,16,18)/t8-,13+/m0/s1. The van der Waals surface area contributed by atoms with Crippen LogP contribution in [0.1, 0.15) is 18.9 Å². The smallest absolute Gasteiger partial charge is 0.310 e. The Labute approximate surface area is 120 Å². The first-order valence-corrected chi connectivity index (χ1v) is 6.61. The fourth-order valence-electron chi connectivity index (χ4n) is 2.30. The van der Waals surface area contributed by atoms with E-state index < -0.39 is 23.2 Å². The average Bonchev–Trinajstić information content (AvgIpc) is 3.10. The van der Waals surface area contributed by atoms with E-state index in [1.807, 2.05) is 0 Å². The molecule has 102 valence electrons. The number of rotatable bonds is 4. The molecule has 2 rings (SSSR count). The fourth-order valence-corrected chi connectivity index (χ4v) is 2.60. The number of benzene rings is 1. The number of amides is 1. The number of hydrogen-bond donors (Lipinski definition) is 1. The molecule has 1 amide bonds. The van der Waals surface area contributed by atoms with Gasteiger partial charge in [-0.25, -0.2) is 0 Å². The van der Waals surface area contributed by atoms with Crippen LogP contribution < -0.4 is 5.73 Å². The van der Waals surface area contributed by atoms with Crippen LogP contribution in [0.15, 0.2) is 18.2 Å². The molecule has 0 bridgehead atoms. The van der Waals surface area contributed by atoms with Gasteiger partial charge in [-0.2, -0.15) is 0 Å². The summed E-state index contributed by atoms with van der Waals surface area (Å²) in [4.78, 5) is 23.5. The Morgan fingerprint density at radius 2 is 2.11 bits per heavy atom. The molecule has 0 heterocycles. The molecular formula is C13H13Cl2NO3. The zero-order valence-corrected chi connectivity index (χ0v) is 11.8. The third kappa shape index (κ3) is 2.30. The molecule has 4 nitrogen and oxygen atoms in total. The van der Waals surface area contributed by atoms with Gasteiger partial charge in [0.1, 0.15) is 0 Å². The minimum Gasteiger partial charge on any atom is -0.466 e. The molecule has 1 aliphatic carbocycles. The van der Waals surface area contributed by atoms with Crippen LogP contribution in [0, 0.1) is 5.92 Å². The van der Waals surface area contributed by atoms with Crippen LogP contribution in [0.3, 0.4) is 0 Å². The quantitative estimate of drug-likeness (QED) is 0.868. The molecule has 6 heteroatoms. The molecule has 1 fully saturated rings. The number of esters is 1. The van der Waals surface area contributed by atoms with Gasteiger partial charge in [0.05, 0.1) is 28.0 Å². The second kappa shape index (κ2) is 5.02. The van der Waals surface area contributed by atoms with Crippen LogP contribution in [0.4, 0.5) is 0 Å². The molecule has 0 radical (unpaired) electrons. The van der Waals surface area contributed by atoms with Gasteiger partial charge in [0.25, 0.3) is 0 Å². The Morgan fingerprint density at radius 1 is 1.42 bits per heavy atom. The number of hydrogen-bond acceptors (Lipinski definition) is 3. The lowest BCUT2D eigenvalue weighted by Gasteiger charge is -2.14. The van der Waals surface area contributed by atoms with E-state index in [9.17, 15) is 9.59 Å². The monoisotopic (exact) mass is 301 g/mol. The van der Waals surface area contributed by atoms with E-state index >= 15 is 0 Å². The molecule has 1 aromatic carbocycles. The maximum Gasteiger partial charge on any atom is 0.310 e. The van der Waals surface area contributed by atoms with Crippen molar-refractivity contribution in [2.75, 3.05) is 6.61 Å². The molecule has 1 saturated carbocycles. The SMILES string of the molecule is CCOC(=O)[C@@H]1C[C@@]1(C(N)=O)c1ccc(Cl)c(Cl)c1. The van der Waals surface area contributed by atoms with Crippen LogP contribution in [0.2, 0.25) is 10.0 Å². The molecule has 19 heavy (non-hydrogen) atoms. The summed E-state index contributed by atoms with van der Waals surface area (Å²) in [6.07, 6.45) is 0.346. The van der Waals surface area contributed by atoms with Gasteiger partial charge < -0.3 is 10.5 Å². The van der Waals surface area contributed by atoms with Crippen molar-refractivity contribution in [3.05, 3.63) is 33.8 Å². The van der Waals surface area contributed by atoms with Gasteiger partial charge in [0.15, 0.2) is 0 Å². The Hall–Kier alpha value is -1.26. The zero-order valence-electron chi connectivity index (χ0n) is 10.3. The van der Waals surface area contributed by atoms with Gasteiger partial charge in [-0.1, -0.05) is 29.3 Å². The van der Waals surface area contributed by atoms with Crippen LogP contribution in [0.25, 0.3) is 0 Å². The highest BCUT2D eigenvalue weighted by Gasteiger charge is 2.64. The normalized spacial score (nSPS) is 24.9. The minimum atomic E-state index is -1.01. The van der Waals surface area contributed by atoms with Crippen molar-refractivity contribution >= 4 is 35.1 Å². The predicted molar refractivity (Wildman–Crippen MR) is 72.1 cm³/mol. The summed E-state index contributed by atoms with van der Waals surface area (Å²) in [7, 11) is 0. The summed E-state index contributed by atoms with van der Waals surface area (Å²) in [6, 6.07) is 4.83. The second-order valence-corrected chi connectivity index (χ2v) is 5.29. The fraction of sp³-hybridized carbons (Fsp3) is 0.385. The molecule has 2 N–H and O–H groups in total. The number of ether oxygens (including phenoxy) is 1. The van der Waals surface area contributed by atoms with Gasteiger partial charge in [0, 0.05) is 0 Å². The van der Waals surface area contributed by atoms with Crippen LogP contribution in [0.5, 0.6) is 0 Å². The molecule has 0 aliphatic heterocycles. The van der Waals surface area contributed by atoms with E-state index in [1.165, 1.54) is 0 Å². The first-order chi connectivity index (χ1) is 8.93. The summed E-state index contributed by atoms with van der Waals surface area (Å²) in [5.41, 5.74) is 5.05. The highest BCUT2D eigenvalue weighted by molar-refractivity contribution is 6.42. The molecule has 0 aromatic heterocycles. The Bertz CT molecular complexity index is 547. The number of primary amides is 1. The summed E-state index contributed by atoms with van der Waals surface area (Å²) in [5.74, 6) is -1.50. The topological polar surface area (TPSA) is 69.4 Å². The van der Waals surface area contributed by atoms with Gasteiger partial charge in [-0.3, -0.25) is 9.59 Å². The van der Waals surface area contributed by atoms with E-state index in [0.29, 0.717) is 22.0 Å². The highest BCUT2D eigenvalue weighted by atomic mass is 35.5. The molecule has 2 atom stereocenters. The molecule has 1 aromatic rings. The molecule has 0 spiro atoms. The number of carbonyl (C=O) groups excluding carboxylic acids is 2. The van der Waals surface area contributed by atoms with Crippen LogP contribution in [-0.2, 0) is 19.7 Å². The Morgan fingerprint density at radius 3 is 2.63 bits per heavy atom. The second-order valence-electron chi connectivity index (χ2n) is 4.47. The van der Waals surface area contributed by atoms with Gasteiger partial charge in [-0.15, -0.1) is 0 Å². The van der Waals surface area contributed by atoms with Crippen molar-refractivity contribution in [1.82, 2.24) is 0 Å². The number of halogens is 2. The van der Waals surface area contributed by atoms with E-state index in [1.54, 1.807) is 25.1 Å². The lowest BCUT2D eigenvalue weighted by molar-refractivity contribution is -0.146. The third-order valence-electron chi connectivity index (χ3n) is 3.41. The molecular weight excluding hydrogens is 289 g/mol. The zero-order chi connectivity index (χ0) is 14.2. The van der Waals surface area contributed by atoms with Crippen molar-refractivity contribution in [3.8, 4) is 0 Å². The van der Waals surface area contributed by atoms with Gasteiger partial charge >= 0.3 is 5.97 Å². The van der Waals surface area contributed by atoms with Crippen LogP contribution in [-0.4, -0.2) is 18.5 Å². The van der Waals surface area contributed by atoms with Crippen molar-refractivity contribution < 1.29 is 14.3 Å². The first-order valence-electron chi connectivity index (χ1n) is 5.85. The summed E-state index contributed by atoms with van der Waals surface area (Å²) >= 11 is 11.8. The maximum atomic E-state index is 11.8. The Kier molecular flexibility index (Phi) is 3.74. The van der Waals surface area contributed by atoms with E-state index in [0.717, 1.165) is 0 Å². The van der Waals surface area contributed by atoms with Crippen molar-refractivity contribution in [2.24, 2.45) is 11.7 Å². The average molecular weight is 302 g/mol. The van der Waals surface area contributed by atoms with E-state index in [-0.39, 0.29) is 6.61 Å². The largest absolute Gasteiger partial charge is 0.466 e. The number of carbonyl (C=O) groups is 2. The maximum absolute atomic E-state index is 11.8. The summed E-state index contributed by atoms with van der Waals surface area (Å²) < 4.78 is 4.94. The summed E-state index contributed by atoms with van der Waals surface area (Å²) in [6.45, 7) is 1.98. The van der Waals surface area contributed by atoms with Crippen molar-refractivity contribution in [3.63, 3.8) is 0 Å². The number of nitrogens with two attached hydrogens (primary N) is 1. The van der Waals surface area contributed by atoms with E-state index in [2.05, 4.69) is 0 Å². The van der Waals surface area contributed by atoms with Crippen molar-refractivity contribution in [1.29, 1.82) is 0 Å². The Balaban J connectivity index is 2.35. The lowest BCUT2D eigenvalue weighted by Crippen LogP contribution is -2.32. The predicted octanol–water partition coefficient (Wildman–Crippen LogP) is 2.30. The molecule has 0 saturated heterocycles. The molecule has 1 aliphatic rings. The summed E-state index contributed by atoms with van der Waals surface area (Å²) in [5, 5.41) is 0.715. The van der Waals surface area contributed by atoms with Crippen molar-refractivity contribution in [2.45, 2.75) is 18.8 Å². The molecule has 0 unspecified atom stereocenters. The van der Waals surface area contributed by atoms with Gasteiger partial charge in [0.2, 0.25) is 5.91 Å². The van der Waals surface area contributed by atoms with Crippen LogP contribution >= 0.6 is 23.2 Å².